The number of aromatic nitrogens is 1. The van der Waals surface area contributed by atoms with E-state index in [9.17, 15) is 0 Å². The van der Waals surface area contributed by atoms with Gasteiger partial charge in [0.15, 0.2) is 0 Å². The summed E-state index contributed by atoms with van der Waals surface area (Å²) in [7, 11) is 0. The number of pyridine rings is 1. The Morgan fingerprint density at radius 2 is 2.05 bits per heavy atom. The second-order valence-corrected chi connectivity index (χ2v) is 6.22. The molecule has 0 bridgehead atoms. The van der Waals surface area contributed by atoms with E-state index in [1.54, 1.807) is 6.20 Å². The Hall–Kier alpha value is -0.840. The highest BCUT2D eigenvalue weighted by Gasteiger charge is 2.24. The highest BCUT2D eigenvalue weighted by molar-refractivity contribution is 5.85. The molecule has 2 rings (SSSR count). The van der Waals surface area contributed by atoms with E-state index in [4.69, 9.17) is 10.5 Å². The molecule has 0 unspecified atom stereocenters. The van der Waals surface area contributed by atoms with Crippen molar-refractivity contribution < 1.29 is 4.74 Å². The number of hydrogen-bond acceptors (Lipinski definition) is 4. The fourth-order valence-electron chi connectivity index (χ4n) is 2.53. The number of hydrogen-bond donors (Lipinski definition) is 1. The van der Waals surface area contributed by atoms with Crippen molar-refractivity contribution in [3.05, 3.63) is 24.0 Å². The summed E-state index contributed by atoms with van der Waals surface area (Å²) in [5.41, 5.74) is 7.05. The van der Waals surface area contributed by atoms with Crippen LogP contribution in [0.1, 0.15) is 32.3 Å². The first kappa shape index (κ1) is 17.2. The minimum atomic E-state index is -0.116. The summed E-state index contributed by atoms with van der Waals surface area (Å²) in [4.78, 5) is 6.52. The molecule has 0 amide bonds. The summed E-state index contributed by atoms with van der Waals surface area (Å²) in [6, 6.07) is 1.95. The maximum absolute atomic E-state index is 6.07. The predicted octanol–water partition coefficient (Wildman–Crippen LogP) is 2.39. The molecular weight excluding hydrogens is 274 g/mol. The topological polar surface area (TPSA) is 51.4 Å². The quantitative estimate of drug-likeness (QED) is 0.927. The van der Waals surface area contributed by atoms with Crippen LogP contribution < -0.4 is 10.5 Å². The first-order valence-corrected chi connectivity index (χ1v) is 7.02. The van der Waals surface area contributed by atoms with Crippen molar-refractivity contribution in [1.82, 2.24) is 9.88 Å². The monoisotopic (exact) mass is 299 g/mol. The largest absolute Gasteiger partial charge is 0.490 e. The second kappa shape index (κ2) is 7.25. The summed E-state index contributed by atoms with van der Waals surface area (Å²) < 4.78 is 6.07. The molecule has 4 nitrogen and oxygen atoms in total. The van der Waals surface area contributed by atoms with Gasteiger partial charge in [-0.2, -0.15) is 0 Å². The molecule has 0 aromatic carbocycles. The van der Waals surface area contributed by atoms with Crippen LogP contribution in [0, 0.1) is 6.92 Å². The molecule has 0 aliphatic carbocycles. The average Bonchev–Trinajstić information content (AvgIpc) is 2.33. The number of halogens is 1. The smallest absolute Gasteiger partial charge is 0.125 e. The Bertz CT molecular complexity index is 412. The lowest BCUT2D eigenvalue weighted by Gasteiger charge is -2.35. The van der Waals surface area contributed by atoms with E-state index < -0.39 is 0 Å². The maximum Gasteiger partial charge on any atom is 0.125 e. The predicted molar refractivity (Wildman–Crippen MR) is 84.6 cm³/mol. The Labute approximate surface area is 128 Å². The molecular formula is C15H26ClN3O. The maximum atomic E-state index is 6.07. The molecule has 0 atom stereocenters. The van der Waals surface area contributed by atoms with E-state index in [1.807, 2.05) is 19.2 Å². The van der Waals surface area contributed by atoms with Crippen molar-refractivity contribution in [3.8, 4) is 5.75 Å². The van der Waals surface area contributed by atoms with Gasteiger partial charge < -0.3 is 15.4 Å². The zero-order valence-electron chi connectivity index (χ0n) is 12.6. The second-order valence-electron chi connectivity index (χ2n) is 6.22. The van der Waals surface area contributed by atoms with Crippen LogP contribution >= 0.6 is 12.4 Å². The van der Waals surface area contributed by atoms with Crippen LogP contribution in [-0.2, 0) is 0 Å². The van der Waals surface area contributed by atoms with Gasteiger partial charge in [0.2, 0.25) is 0 Å². The molecule has 1 fully saturated rings. The molecule has 1 aromatic rings. The molecule has 20 heavy (non-hydrogen) atoms. The van der Waals surface area contributed by atoms with E-state index in [1.165, 1.54) is 0 Å². The first-order chi connectivity index (χ1) is 8.94. The van der Waals surface area contributed by atoms with Crippen molar-refractivity contribution in [3.63, 3.8) is 0 Å². The highest BCUT2D eigenvalue weighted by Crippen LogP contribution is 2.22. The lowest BCUT2D eigenvalue weighted by molar-refractivity contribution is 0.0898. The van der Waals surface area contributed by atoms with Gasteiger partial charge in [-0.05, 0) is 39.7 Å². The third-order valence-corrected chi connectivity index (χ3v) is 3.43. The SMILES string of the molecule is Cc1cnccc1OC1CCN(CC(C)(C)N)CC1.Cl. The van der Waals surface area contributed by atoms with Gasteiger partial charge in [0.05, 0.1) is 0 Å². The Morgan fingerprint density at radius 3 is 2.60 bits per heavy atom. The number of piperidine rings is 1. The van der Waals surface area contributed by atoms with Gasteiger partial charge in [-0.25, -0.2) is 0 Å². The Balaban J connectivity index is 0.00000200. The van der Waals surface area contributed by atoms with E-state index in [-0.39, 0.29) is 17.9 Å². The number of ether oxygens (including phenoxy) is 1. The minimum absolute atomic E-state index is 0. The summed E-state index contributed by atoms with van der Waals surface area (Å²) >= 11 is 0. The normalized spacial score (nSPS) is 17.6. The van der Waals surface area contributed by atoms with Gasteiger partial charge in [-0.1, -0.05) is 0 Å². The van der Waals surface area contributed by atoms with Gasteiger partial charge in [0.1, 0.15) is 11.9 Å². The third kappa shape index (κ3) is 5.27. The lowest BCUT2D eigenvalue weighted by Crippen LogP contribution is -2.49. The van der Waals surface area contributed by atoms with Gasteiger partial charge >= 0.3 is 0 Å². The fraction of sp³-hybridized carbons (Fsp3) is 0.667. The van der Waals surface area contributed by atoms with Crippen LogP contribution in [0.25, 0.3) is 0 Å². The van der Waals surface area contributed by atoms with Crippen molar-refractivity contribution in [2.45, 2.75) is 45.3 Å². The molecule has 0 saturated carbocycles. The Morgan fingerprint density at radius 1 is 1.40 bits per heavy atom. The number of likely N-dealkylation sites (tertiary alicyclic amines) is 1. The third-order valence-electron chi connectivity index (χ3n) is 3.43. The van der Waals surface area contributed by atoms with E-state index in [2.05, 4.69) is 23.7 Å². The van der Waals surface area contributed by atoms with E-state index in [0.717, 1.165) is 43.8 Å². The standard InChI is InChI=1S/C15H25N3O.ClH/c1-12-10-17-7-4-14(12)19-13-5-8-18(9-6-13)11-15(2,3)16;/h4,7,10,13H,5-6,8-9,11,16H2,1-3H3;1H. The minimum Gasteiger partial charge on any atom is -0.490 e. The van der Waals surface area contributed by atoms with Crippen LogP contribution in [0.15, 0.2) is 18.5 Å². The molecule has 114 valence electrons. The van der Waals surface area contributed by atoms with Crippen molar-refractivity contribution in [2.24, 2.45) is 5.73 Å². The molecule has 1 aliphatic heterocycles. The van der Waals surface area contributed by atoms with Crippen molar-refractivity contribution >= 4 is 12.4 Å². The number of nitrogens with zero attached hydrogens (tertiary/aromatic N) is 2. The molecule has 2 heterocycles. The van der Waals surface area contributed by atoms with Crippen LogP contribution in [0.5, 0.6) is 5.75 Å². The molecule has 1 aromatic heterocycles. The van der Waals surface area contributed by atoms with E-state index >= 15 is 0 Å². The molecule has 5 heteroatoms. The lowest BCUT2D eigenvalue weighted by atomic mass is 10.0. The van der Waals surface area contributed by atoms with Gasteiger partial charge in [-0.3, -0.25) is 4.98 Å². The molecule has 1 aliphatic rings. The summed E-state index contributed by atoms with van der Waals surface area (Å²) in [5.74, 6) is 0.965. The van der Waals surface area contributed by atoms with Crippen LogP contribution in [0.4, 0.5) is 0 Å². The van der Waals surface area contributed by atoms with Gasteiger partial charge in [0.25, 0.3) is 0 Å². The molecule has 0 spiro atoms. The molecule has 0 radical (unpaired) electrons. The summed E-state index contributed by atoms with van der Waals surface area (Å²) in [6.45, 7) is 9.28. The summed E-state index contributed by atoms with van der Waals surface area (Å²) in [5, 5.41) is 0. The van der Waals surface area contributed by atoms with Crippen molar-refractivity contribution in [2.75, 3.05) is 19.6 Å². The molecule has 1 saturated heterocycles. The van der Waals surface area contributed by atoms with Gasteiger partial charge in [-0.15, -0.1) is 12.4 Å². The van der Waals surface area contributed by atoms with Crippen molar-refractivity contribution in [1.29, 1.82) is 0 Å². The van der Waals surface area contributed by atoms with Crippen LogP contribution in [0.2, 0.25) is 0 Å². The highest BCUT2D eigenvalue weighted by atomic mass is 35.5. The first-order valence-electron chi connectivity index (χ1n) is 7.02. The number of nitrogens with two attached hydrogens (primary N) is 1. The Kier molecular flexibility index (Phi) is 6.24. The average molecular weight is 300 g/mol. The van der Waals surface area contributed by atoms with Crippen LogP contribution in [-0.4, -0.2) is 41.2 Å². The zero-order chi connectivity index (χ0) is 13.9. The van der Waals surface area contributed by atoms with E-state index in [0.29, 0.717) is 6.10 Å². The number of aryl methyl sites for hydroxylation is 1. The fourth-order valence-corrected chi connectivity index (χ4v) is 2.53. The molecule has 2 N–H and O–H groups in total. The summed E-state index contributed by atoms with van der Waals surface area (Å²) in [6.07, 6.45) is 6.09. The number of rotatable bonds is 4. The van der Waals surface area contributed by atoms with Gasteiger partial charge in [0, 0.05) is 43.1 Å². The van der Waals surface area contributed by atoms with Crippen LogP contribution in [0.3, 0.4) is 0 Å². The zero-order valence-corrected chi connectivity index (χ0v) is 13.4.